The smallest absolute Gasteiger partial charge is 0.407 e. The van der Waals surface area contributed by atoms with E-state index in [0.717, 1.165) is 22.8 Å². The largest absolute Gasteiger partial charge is 0.461 e. The number of Topliss-reactive ketones (excluding diaryl/α,β-unsaturated/α-hetero) is 1. The van der Waals surface area contributed by atoms with Gasteiger partial charge in [-0.25, -0.2) is 4.79 Å². The van der Waals surface area contributed by atoms with Gasteiger partial charge in [0, 0.05) is 46.8 Å². The van der Waals surface area contributed by atoms with E-state index >= 15 is 0 Å². The monoisotopic (exact) mass is 875 g/mol. The van der Waals surface area contributed by atoms with Crippen LogP contribution in [0.4, 0.5) is 10.5 Å². The van der Waals surface area contributed by atoms with Crippen LogP contribution in [0.15, 0.2) is 84.7 Å². The third-order valence-corrected chi connectivity index (χ3v) is 14.7. The summed E-state index contributed by atoms with van der Waals surface area (Å²) in [4.78, 5) is 82.5. The second-order valence-corrected chi connectivity index (χ2v) is 19.8. The second kappa shape index (κ2) is 17.0. The first-order valence-electron chi connectivity index (χ1n) is 22.2. The molecule has 2 aromatic carbocycles. The molecule has 0 bridgehead atoms. The van der Waals surface area contributed by atoms with Crippen LogP contribution >= 0.6 is 0 Å². The van der Waals surface area contributed by atoms with Crippen LogP contribution in [-0.2, 0) is 44.8 Å². The molecule has 4 N–H and O–H groups in total. The van der Waals surface area contributed by atoms with E-state index < -0.39 is 76.3 Å². The van der Waals surface area contributed by atoms with Gasteiger partial charge in [-0.1, -0.05) is 55.8 Å². The zero-order valence-corrected chi connectivity index (χ0v) is 36.9. The number of anilines is 1. The number of esters is 2. The second-order valence-electron chi connectivity index (χ2n) is 19.8. The molecule has 3 aromatic rings. The van der Waals surface area contributed by atoms with E-state index in [2.05, 4.69) is 22.5 Å². The lowest BCUT2D eigenvalue weighted by atomic mass is 9.46. The molecule has 5 aliphatic rings. The Kier molecular flexibility index (Phi) is 11.9. The maximum atomic E-state index is 13.8. The SMILES string of the molecule is CC(C)(C)OC(=O)NC[C@@H](C(=O)Nc1ccc2cnccc2c1)c1ccc(COC(=O)C2CC2C(=O)OCC(=O)[C@@]2(O)CC[C@H]3[C@@H]4CCC5=CC(=O)C=C[C@]5(C)[C@H]4C(O)C[C@@]32C)cc1. The molecule has 0 aliphatic heterocycles. The molecule has 3 unspecified atom stereocenters. The van der Waals surface area contributed by atoms with Crippen molar-refractivity contribution in [3.8, 4) is 0 Å². The number of ether oxygens (including phenoxy) is 3. The van der Waals surface area contributed by atoms with Crippen molar-refractivity contribution in [1.29, 1.82) is 0 Å². The van der Waals surface area contributed by atoms with Gasteiger partial charge in [0.1, 0.15) is 17.8 Å². The molecule has 14 heteroatoms. The highest BCUT2D eigenvalue weighted by Gasteiger charge is 2.68. The standard InChI is InChI=1S/C50H57N3O11/c1-47(2,3)64-46(60)52-25-38(43(57)53-33-12-10-31-24-51-19-16-30(31)20-33)29-8-6-28(7-9-29)26-62-44(58)36-22-37(36)45(59)63-27-41(56)50(61)18-15-39-35-13-11-32-21-34(54)14-17-48(32,4)42(35)40(55)23-49(39,50)5/h6-10,12,14,16-17,19-21,24,35-40,42,55,61H,11,13,15,18,22-23,25-27H2,1-5H3,(H,52,60)(H,53,57)/t35-,36?,37?,38+,39-,40?,42+,48-,49-,50-/m0/s1. The maximum Gasteiger partial charge on any atom is 0.407 e. The van der Waals surface area contributed by atoms with Gasteiger partial charge in [-0.15, -0.1) is 0 Å². The number of aliphatic hydroxyl groups is 2. The quantitative estimate of drug-likeness (QED) is 0.117. The fourth-order valence-electron chi connectivity index (χ4n) is 11.2. The third kappa shape index (κ3) is 8.61. The number of hydrogen-bond donors (Lipinski definition) is 4. The molecule has 338 valence electrons. The van der Waals surface area contributed by atoms with E-state index in [1.807, 2.05) is 31.2 Å². The van der Waals surface area contributed by atoms with Gasteiger partial charge in [0.2, 0.25) is 11.7 Å². The average Bonchev–Trinajstić information content (AvgIpc) is 4.00. The predicted molar refractivity (Wildman–Crippen MR) is 234 cm³/mol. The van der Waals surface area contributed by atoms with Gasteiger partial charge in [0.05, 0.1) is 23.9 Å². The Morgan fingerprint density at radius 3 is 2.42 bits per heavy atom. The molecule has 2 amide bonds. The van der Waals surface area contributed by atoms with Crippen LogP contribution in [0.3, 0.4) is 0 Å². The molecule has 1 heterocycles. The van der Waals surface area contributed by atoms with Gasteiger partial charge in [-0.2, -0.15) is 0 Å². The summed E-state index contributed by atoms with van der Waals surface area (Å²) in [7, 11) is 0. The Balaban J connectivity index is 0.838. The molecule has 8 rings (SSSR count). The van der Waals surface area contributed by atoms with Gasteiger partial charge in [0.25, 0.3) is 0 Å². The highest BCUT2D eigenvalue weighted by Crippen LogP contribution is 2.67. The summed E-state index contributed by atoms with van der Waals surface area (Å²) in [6, 6.07) is 14.2. The van der Waals surface area contributed by atoms with Crippen LogP contribution in [-0.4, -0.2) is 81.2 Å². The van der Waals surface area contributed by atoms with Crippen LogP contribution in [0.5, 0.6) is 0 Å². The number of fused-ring (bicyclic) bond motifs is 6. The zero-order chi connectivity index (χ0) is 45.8. The number of nitrogens with zero attached hydrogens (tertiary/aromatic N) is 1. The van der Waals surface area contributed by atoms with E-state index in [4.69, 9.17) is 14.2 Å². The molecule has 0 radical (unpaired) electrons. The fourth-order valence-corrected chi connectivity index (χ4v) is 11.2. The van der Waals surface area contributed by atoms with E-state index in [9.17, 15) is 39.0 Å². The van der Waals surface area contributed by atoms with Crippen molar-refractivity contribution < 1.29 is 53.2 Å². The molecule has 64 heavy (non-hydrogen) atoms. The first-order valence-corrected chi connectivity index (χ1v) is 22.2. The van der Waals surface area contributed by atoms with Crippen molar-refractivity contribution in [2.75, 3.05) is 18.5 Å². The number of carbonyl (C=O) groups is 6. The number of allylic oxidation sites excluding steroid dienone is 4. The Morgan fingerprint density at radius 2 is 1.69 bits per heavy atom. The van der Waals surface area contributed by atoms with E-state index in [-0.39, 0.29) is 61.9 Å². The number of aromatic nitrogens is 1. The molecule has 14 nitrogen and oxygen atoms in total. The van der Waals surface area contributed by atoms with E-state index in [1.165, 1.54) is 0 Å². The van der Waals surface area contributed by atoms with Crippen molar-refractivity contribution in [2.45, 2.75) is 103 Å². The van der Waals surface area contributed by atoms with Gasteiger partial charge >= 0.3 is 18.0 Å². The Bertz CT molecular complexity index is 2440. The summed E-state index contributed by atoms with van der Waals surface area (Å²) in [5.41, 5.74) is -1.13. The summed E-state index contributed by atoms with van der Waals surface area (Å²) in [5.74, 6) is -4.81. The summed E-state index contributed by atoms with van der Waals surface area (Å²) < 4.78 is 16.4. The van der Waals surface area contributed by atoms with Gasteiger partial charge in [-0.05, 0) is 118 Å². The average molecular weight is 876 g/mol. The molecule has 0 saturated heterocycles. The van der Waals surface area contributed by atoms with Crippen LogP contribution < -0.4 is 10.6 Å². The van der Waals surface area contributed by atoms with Crippen LogP contribution in [0.2, 0.25) is 0 Å². The maximum absolute atomic E-state index is 13.8. The zero-order valence-electron chi connectivity index (χ0n) is 36.9. The summed E-state index contributed by atoms with van der Waals surface area (Å²) in [5, 5.41) is 31.2. The van der Waals surface area contributed by atoms with Crippen molar-refractivity contribution in [3.05, 3.63) is 95.9 Å². The lowest BCUT2D eigenvalue weighted by Crippen LogP contribution is -2.61. The number of aliphatic hydroxyl groups excluding tert-OH is 1. The molecular weight excluding hydrogens is 819 g/mol. The van der Waals surface area contributed by atoms with Gasteiger partial charge in [0.15, 0.2) is 12.4 Å². The first kappa shape index (κ1) is 44.9. The van der Waals surface area contributed by atoms with Crippen molar-refractivity contribution in [1.82, 2.24) is 10.3 Å². The predicted octanol–water partition coefficient (Wildman–Crippen LogP) is 6.28. The number of pyridine rings is 1. The lowest BCUT2D eigenvalue weighted by Gasteiger charge is -2.59. The first-order chi connectivity index (χ1) is 30.3. The Hall–Kier alpha value is -5.73. The van der Waals surface area contributed by atoms with Crippen LogP contribution in [0.1, 0.15) is 90.2 Å². The van der Waals surface area contributed by atoms with E-state index in [0.29, 0.717) is 29.7 Å². The number of alkyl carbamates (subject to hydrolysis) is 1. The Morgan fingerprint density at radius 1 is 0.953 bits per heavy atom. The number of carbonyl (C=O) groups excluding carboxylic acids is 6. The topological polar surface area (TPSA) is 208 Å². The number of nitrogens with one attached hydrogen (secondary N) is 2. The lowest BCUT2D eigenvalue weighted by molar-refractivity contribution is -0.181. The molecule has 4 fully saturated rings. The minimum atomic E-state index is -1.80. The van der Waals surface area contributed by atoms with Crippen molar-refractivity contribution in [3.63, 3.8) is 0 Å². The highest BCUT2D eigenvalue weighted by atomic mass is 16.6. The van der Waals surface area contributed by atoms with Gasteiger partial charge in [-0.3, -0.25) is 29.0 Å². The molecule has 1 aromatic heterocycles. The van der Waals surface area contributed by atoms with Crippen molar-refractivity contribution in [2.24, 2.45) is 40.4 Å². The molecule has 4 saturated carbocycles. The number of ketones is 2. The molecular formula is C50H57N3O11. The van der Waals surface area contributed by atoms with Crippen LogP contribution in [0.25, 0.3) is 10.8 Å². The molecule has 10 atom stereocenters. The summed E-state index contributed by atoms with van der Waals surface area (Å²) in [6.07, 6.45) is 9.72. The van der Waals surface area contributed by atoms with Gasteiger partial charge < -0.3 is 35.1 Å². The van der Waals surface area contributed by atoms with E-state index in [1.54, 1.807) is 75.6 Å². The molecule has 5 aliphatic carbocycles. The number of rotatable bonds is 12. The summed E-state index contributed by atoms with van der Waals surface area (Å²) >= 11 is 0. The summed E-state index contributed by atoms with van der Waals surface area (Å²) in [6.45, 7) is 8.37. The minimum Gasteiger partial charge on any atom is -0.461 e. The fraction of sp³-hybridized carbons (Fsp3) is 0.500. The minimum absolute atomic E-state index is 0.0332. The molecule has 0 spiro atoms. The van der Waals surface area contributed by atoms with Crippen molar-refractivity contribution >= 4 is 52.0 Å². The normalized spacial score (nSPS) is 30.7. The Labute approximate surface area is 372 Å². The number of benzene rings is 2. The number of hydrogen-bond acceptors (Lipinski definition) is 12. The number of amides is 2. The third-order valence-electron chi connectivity index (χ3n) is 14.7. The van der Waals surface area contributed by atoms with Crippen LogP contribution in [0, 0.1) is 40.4 Å². The highest BCUT2D eigenvalue weighted by molar-refractivity contribution is 6.01.